The molecule has 17 heteroatoms. The van der Waals surface area contributed by atoms with Crippen molar-refractivity contribution in [2.75, 3.05) is 89.1 Å². The van der Waals surface area contributed by atoms with E-state index in [1.807, 2.05) is 115 Å². The van der Waals surface area contributed by atoms with E-state index in [9.17, 15) is 18.0 Å². The van der Waals surface area contributed by atoms with Gasteiger partial charge in [-0.1, -0.05) is 107 Å². The van der Waals surface area contributed by atoms with Crippen molar-refractivity contribution in [1.82, 2.24) is 0 Å². The predicted octanol–water partition coefficient (Wildman–Crippen LogP) is 18.5. The molecule has 1 rings (SSSR count). The molecule has 556 valence electrons. The first-order valence-corrected chi connectivity index (χ1v) is 38.8. The number of nitrogens with zero attached hydrogens (tertiary/aromatic N) is 1. The van der Waals surface area contributed by atoms with Crippen LogP contribution in [0.15, 0.2) is 24.3 Å². The third-order valence-corrected chi connectivity index (χ3v) is 14.9. The Labute approximate surface area is 580 Å². The fourth-order valence-corrected chi connectivity index (χ4v) is 9.44. The summed E-state index contributed by atoms with van der Waals surface area (Å²) in [7, 11) is -2.90. The van der Waals surface area contributed by atoms with E-state index >= 15 is 0 Å². The van der Waals surface area contributed by atoms with E-state index in [0.717, 1.165) is 62.6 Å². The Morgan fingerprint density at radius 3 is 1.22 bits per heavy atom. The lowest BCUT2D eigenvalue weighted by Gasteiger charge is -2.12. The average molecular weight is 1370 g/mol. The van der Waals surface area contributed by atoms with Crippen molar-refractivity contribution in [3.05, 3.63) is 35.4 Å². The molecule has 93 heavy (non-hydrogen) atoms. The Balaban J connectivity index is -0.000000239. The first-order valence-electron chi connectivity index (χ1n) is 35.8. The Morgan fingerprint density at radius 1 is 0.409 bits per heavy atom. The number of hydrogen-bond donors (Lipinski definition) is 0. The first kappa shape index (κ1) is 102. The molecule has 0 saturated carbocycles. The largest absolute Gasteiger partial charge is 0.463 e. The van der Waals surface area contributed by atoms with E-state index in [4.69, 9.17) is 52.6 Å². The number of thioether (sulfide) groups is 1. The third kappa shape index (κ3) is 98.4. The highest BCUT2D eigenvalue weighted by Crippen LogP contribution is 2.15. The van der Waals surface area contributed by atoms with Gasteiger partial charge in [-0.15, -0.1) is 0 Å². The minimum atomic E-state index is -2.90. The molecule has 0 bridgehead atoms. The summed E-state index contributed by atoms with van der Waals surface area (Å²) in [5.74, 6) is 5.37. The molecular formula is C76H151NO14S2. The molecule has 0 radical (unpaired) electrons. The Bertz CT molecular complexity index is 1840. The van der Waals surface area contributed by atoms with Crippen molar-refractivity contribution < 1.29 is 65.4 Å². The van der Waals surface area contributed by atoms with Gasteiger partial charge in [0.2, 0.25) is 0 Å². The van der Waals surface area contributed by atoms with Crippen LogP contribution in [0.4, 0.5) is 0 Å². The molecule has 0 N–H and O–H groups in total. The standard InChI is InChI=1S/C16H26O.C12H21NO3.C11H22O3.C10H22O3S.C10H22OS.C9H20O.C8H18O2/c1-13(2)8-9-15-6-5-7-16(12-15)10-11-17-14(3)4;1-9(2)7-11(8-13)12(14)16-6-5-15-10(3)4;1-9(2)5-6-11(12)14-8-7-13-10(3)4;1-9(2)5-7-14(11,12)8-6-13-10(3)4;1-9(2)5-7-12-8-6-11-10(3)4;1-8(2)6-5-7-10-9(3)4;1-7(2)9-5-6-10-8(3)4/h5-7,12-14H,8-11H2,1-4H3;9-11H,5-7H2,1-4H3;2*9-10H,5-8H2,1-4H3;9-10H,5-8H2,1-4H3;8-9H,5-7H2,1-4H3;7-8H,5-6H2,1-4H3. The van der Waals surface area contributed by atoms with E-state index < -0.39 is 21.7 Å². The van der Waals surface area contributed by atoms with Gasteiger partial charge in [0.05, 0.1) is 113 Å². The molecule has 0 amide bonds. The van der Waals surface area contributed by atoms with Gasteiger partial charge in [0.25, 0.3) is 0 Å². The van der Waals surface area contributed by atoms with Crippen LogP contribution in [0, 0.1) is 52.8 Å². The van der Waals surface area contributed by atoms with Gasteiger partial charge in [0.15, 0.2) is 9.84 Å². The molecule has 1 aromatic carbocycles. The van der Waals surface area contributed by atoms with Crippen LogP contribution in [0.1, 0.15) is 256 Å². The maximum Gasteiger partial charge on any atom is 0.323 e. The van der Waals surface area contributed by atoms with Crippen LogP contribution < -0.4 is 0 Å². The van der Waals surface area contributed by atoms with E-state index in [1.165, 1.54) is 49.0 Å². The highest BCUT2D eigenvalue weighted by molar-refractivity contribution is 7.99. The number of benzene rings is 1. The lowest BCUT2D eigenvalue weighted by atomic mass is 9.99. The molecule has 0 aliphatic heterocycles. The molecule has 0 fully saturated rings. The molecule has 0 saturated heterocycles. The van der Waals surface area contributed by atoms with Crippen LogP contribution in [-0.4, -0.2) is 158 Å². The molecule has 0 spiro atoms. The summed E-state index contributed by atoms with van der Waals surface area (Å²) in [6.07, 6.45) is 12.2. The summed E-state index contributed by atoms with van der Waals surface area (Å²) in [5.41, 5.74) is 2.85. The Morgan fingerprint density at radius 2 is 0.796 bits per heavy atom. The zero-order valence-corrected chi connectivity index (χ0v) is 67.1. The SMILES string of the molecule is CC(C)CC(C#N)C(=O)OCCOC(C)C.CC(C)CCC(=O)OCCOC(C)C.CC(C)CCCOC(C)C.CC(C)CCS(=O)(=O)CCOC(C)C.CC(C)CCSCCOC(C)C.CC(C)CCc1cccc(CCOC(C)C)c1.CC(C)OCCOC(C)C. The number of esters is 2. The van der Waals surface area contributed by atoms with Gasteiger partial charge in [-0.25, -0.2) is 8.42 Å². The van der Waals surface area contributed by atoms with Crippen molar-refractivity contribution in [2.45, 2.75) is 307 Å². The molecule has 0 aliphatic carbocycles. The minimum absolute atomic E-state index is 0.107. The number of carbonyl (C=O) groups is 2. The van der Waals surface area contributed by atoms with Gasteiger partial charge in [0, 0.05) is 18.8 Å². The second-order valence-corrected chi connectivity index (χ2v) is 31.7. The zero-order chi connectivity index (χ0) is 72.8. The van der Waals surface area contributed by atoms with E-state index in [0.29, 0.717) is 101 Å². The molecule has 1 aromatic rings. The second kappa shape index (κ2) is 69.5. The number of carbonyl (C=O) groups excluding carboxylic acids is 2. The smallest absolute Gasteiger partial charge is 0.323 e. The zero-order valence-electron chi connectivity index (χ0n) is 65.4. The summed E-state index contributed by atoms with van der Waals surface area (Å²) in [6, 6.07) is 10.9. The highest BCUT2D eigenvalue weighted by Gasteiger charge is 2.21. The van der Waals surface area contributed by atoms with Gasteiger partial charge < -0.3 is 47.4 Å². The van der Waals surface area contributed by atoms with Crippen LogP contribution in [0.2, 0.25) is 0 Å². The Kier molecular flexibility index (Phi) is 76.0. The fourth-order valence-electron chi connectivity index (χ4n) is 7.00. The number of rotatable bonds is 45. The third-order valence-electron chi connectivity index (χ3n) is 12.2. The molecule has 0 aliphatic rings. The molecule has 15 nitrogen and oxygen atoms in total. The van der Waals surface area contributed by atoms with Gasteiger partial charge in [-0.3, -0.25) is 9.59 Å². The number of sulfone groups is 1. The number of nitriles is 1. The van der Waals surface area contributed by atoms with Crippen LogP contribution in [0.3, 0.4) is 0 Å². The highest BCUT2D eigenvalue weighted by atomic mass is 32.2. The van der Waals surface area contributed by atoms with E-state index in [-0.39, 0.29) is 42.4 Å². The van der Waals surface area contributed by atoms with Crippen molar-refractivity contribution in [3.8, 4) is 6.07 Å². The van der Waals surface area contributed by atoms with Gasteiger partial charge >= 0.3 is 11.9 Å². The lowest BCUT2D eigenvalue weighted by molar-refractivity contribution is -0.149. The van der Waals surface area contributed by atoms with Crippen molar-refractivity contribution in [3.63, 3.8) is 0 Å². The summed E-state index contributed by atoms with van der Waals surface area (Å²) in [4.78, 5) is 22.6. The topological polar surface area (TPSA) is 184 Å². The van der Waals surface area contributed by atoms with Crippen molar-refractivity contribution >= 4 is 33.5 Å². The monoisotopic (exact) mass is 1370 g/mol. The second-order valence-electron chi connectivity index (χ2n) is 28.2. The quantitative estimate of drug-likeness (QED) is 0.0443. The summed E-state index contributed by atoms with van der Waals surface area (Å²) >= 11 is 2.00. The Hall–Kier alpha value is -2.37. The maximum absolute atomic E-state index is 11.5. The molecular weight excluding hydrogens is 1210 g/mol. The summed E-state index contributed by atoms with van der Waals surface area (Å²) in [5, 5.41) is 8.81. The molecule has 1 atom stereocenters. The lowest BCUT2D eigenvalue weighted by Crippen LogP contribution is -2.21. The number of hydrogen-bond acceptors (Lipinski definition) is 16. The van der Waals surface area contributed by atoms with Crippen molar-refractivity contribution in [1.29, 1.82) is 5.26 Å². The normalized spacial score (nSPS) is 11.8. The number of ether oxygens (including phenoxy) is 10. The minimum Gasteiger partial charge on any atom is -0.463 e. The maximum atomic E-state index is 11.5. The fraction of sp³-hybridized carbons (Fsp3) is 0.882. The van der Waals surface area contributed by atoms with Crippen molar-refractivity contribution in [2.24, 2.45) is 41.4 Å². The summed E-state index contributed by atoms with van der Waals surface area (Å²) < 4.78 is 75.4. The van der Waals surface area contributed by atoms with Crippen LogP contribution in [0.25, 0.3) is 0 Å². The number of aryl methyl sites for hydroxylation is 1. The van der Waals surface area contributed by atoms with E-state index in [2.05, 4.69) is 121 Å². The van der Waals surface area contributed by atoms with Gasteiger partial charge in [-0.2, -0.15) is 17.0 Å². The van der Waals surface area contributed by atoms with Crippen LogP contribution in [0.5, 0.6) is 0 Å². The van der Waals surface area contributed by atoms with Gasteiger partial charge in [0.1, 0.15) is 19.1 Å². The predicted molar refractivity (Wildman–Crippen MR) is 396 cm³/mol. The average Bonchev–Trinajstić information content (AvgIpc) is 2.43. The molecule has 0 aromatic heterocycles. The van der Waals surface area contributed by atoms with Gasteiger partial charge in [-0.05, 0) is 221 Å². The molecule has 1 unspecified atom stereocenters. The van der Waals surface area contributed by atoms with Crippen LogP contribution >= 0.6 is 11.8 Å². The molecule has 0 heterocycles. The summed E-state index contributed by atoms with van der Waals surface area (Å²) in [6.45, 7) is 63.7. The first-order chi connectivity index (χ1) is 43.3. The van der Waals surface area contributed by atoms with E-state index in [1.54, 1.807) is 0 Å². The van der Waals surface area contributed by atoms with Crippen LogP contribution in [-0.2, 0) is 79.6 Å².